The van der Waals surface area contributed by atoms with Gasteiger partial charge in [-0.1, -0.05) is 25.7 Å². The molecule has 0 aromatic carbocycles. The van der Waals surface area contributed by atoms with Crippen molar-refractivity contribution in [3.05, 3.63) is 0 Å². The molecule has 1 aliphatic carbocycles. The van der Waals surface area contributed by atoms with Gasteiger partial charge in [-0.2, -0.15) is 0 Å². The Morgan fingerprint density at radius 2 is 1.80 bits per heavy atom. The van der Waals surface area contributed by atoms with E-state index in [1.165, 1.54) is 14.0 Å². The van der Waals surface area contributed by atoms with E-state index in [0.717, 1.165) is 32.1 Å². The first-order valence-corrected chi connectivity index (χ1v) is 9.08. The van der Waals surface area contributed by atoms with E-state index in [4.69, 9.17) is 23.7 Å². The normalized spacial score (nSPS) is 39.6. The van der Waals surface area contributed by atoms with E-state index < -0.39 is 30.1 Å². The predicted octanol–water partition coefficient (Wildman–Crippen LogP) is 1.65. The lowest BCUT2D eigenvalue weighted by atomic mass is 9.70. The van der Waals surface area contributed by atoms with E-state index in [0.29, 0.717) is 6.42 Å². The Hall–Kier alpha value is -0.730. The maximum absolute atomic E-state index is 11.8. The molecule has 0 spiro atoms. The zero-order valence-electron chi connectivity index (χ0n) is 15.7. The summed E-state index contributed by atoms with van der Waals surface area (Å²) < 4.78 is 28.1. The highest BCUT2D eigenvalue weighted by molar-refractivity contribution is 5.66. The van der Waals surface area contributed by atoms with Crippen molar-refractivity contribution in [1.29, 1.82) is 0 Å². The van der Waals surface area contributed by atoms with E-state index >= 15 is 0 Å². The minimum atomic E-state index is -1.45. The first kappa shape index (κ1) is 20.6. The van der Waals surface area contributed by atoms with Gasteiger partial charge in [-0.25, -0.2) is 0 Å². The fourth-order valence-corrected chi connectivity index (χ4v) is 4.25. The SMILES string of the molecule is COC[C@H]1[C@H]2CCCCCC[C@@H](OC)[C@]1(O)[C@@H](OC(C)=O)[C@@H](OC)O2. The van der Waals surface area contributed by atoms with Gasteiger partial charge in [-0.3, -0.25) is 4.79 Å². The van der Waals surface area contributed by atoms with Crippen molar-refractivity contribution in [3.63, 3.8) is 0 Å². The number of carbonyl (C=O) groups is 1. The highest BCUT2D eigenvalue weighted by atomic mass is 16.7. The number of aliphatic hydroxyl groups is 1. The molecule has 0 amide bonds. The van der Waals surface area contributed by atoms with Gasteiger partial charge in [-0.05, 0) is 12.8 Å². The molecule has 1 aliphatic heterocycles. The van der Waals surface area contributed by atoms with Gasteiger partial charge >= 0.3 is 5.97 Å². The molecular formula is C18H32O7. The topological polar surface area (TPSA) is 83.5 Å². The fourth-order valence-electron chi connectivity index (χ4n) is 4.25. The summed E-state index contributed by atoms with van der Waals surface area (Å²) in [5.74, 6) is -0.873. The first-order chi connectivity index (χ1) is 12.0. The molecule has 0 radical (unpaired) electrons. The number of rotatable bonds is 5. The molecule has 0 aromatic heterocycles. The number of carbonyl (C=O) groups excluding carboxylic acids is 1. The Balaban J connectivity index is 2.48. The minimum Gasteiger partial charge on any atom is -0.454 e. The smallest absolute Gasteiger partial charge is 0.303 e. The van der Waals surface area contributed by atoms with Gasteiger partial charge in [-0.15, -0.1) is 0 Å². The van der Waals surface area contributed by atoms with Crippen molar-refractivity contribution in [1.82, 2.24) is 0 Å². The second-order valence-corrected chi connectivity index (χ2v) is 6.97. The molecule has 146 valence electrons. The second kappa shape index (κ2) is 9.28. The average Bonchev–Trinajstić information content (AvgIpc) is 2.58. The third kappa shape index (κ3) is 4.34. The van der Waals surface area contributed by atoms with Crippen molar-refractivity contribution in [2.24, 2.45) is 5.92 Å². The summed E-state index contributed by atoms with van der Waals surface area (Å²) in [6.07, 6.45) is 3.02. The van der Waals surface area contributed by atoms with Crippen LogP contribution in [0.25, 0.3) is 0 Å². The van der Waals surface area contributed by atoms with E-state index in [1.54, 1.807) is 14.2 Å². The van der Waals surface area contributed by atoms with Crippen LogP contribution in [-0.4, -0.2) is 69.2 Å². The van der Waals surface area contributed by atoms with Crippen molar-refractivity contribution < 1.29 is 33.6 Å². The molecule has 1 N–H and O–H groups in total. The van der Waals surface area contributed by atoms with Gasteiger partial charge in [0.1, 0.15) is 5.60 Å². The van der Waals surface area contributed by atoms with E-state index in [-0.39, 0.29) is 18.6 Å². The molecule has 7 nitrogen and oxygen atoms in total. The Labute approximate surface area is 149 Å². The van der Waals surface area contributed by atoms with Gasteiger partial charge in [0.15, 0.2) is 12.4 Å². The molecule has 2 aliphatic rings. The number of hydrogen-bond donors (Lipinski definition) is 1. The van der Waals surface area contributed by atoms with Crippen LogP contribution in [0.1, 0.15) is 45.4 Å². The summed E-state index contributed by atoms with van der Waals surface area (Å²) >= 11 is 0. The highest BCUT2D eigenvalue weighted by Gasteiger charge is 2.61. The molecule has 2 rings (SSSR count). The number of methoxy groups -OCH3 is 3. The highest BCUT2D eigenvalue weighted by Crippen LogP contribution is 2.43. The number of esters is 1. The molecule has 7 heteroatoms. The monoisotopic (exact) mass is 360 g/mol. The number of ether oxygens (including phenoxy) is 5. The molecule has 1 saturated heterocycles. The van der Waals surface area contributed by atoms with Crippen LogP contribution < -0.4 is 0 Å². The Morgan fingerprint density at radius 1 is 1.12 bits per heavy atom. The van der Waals surface area contributed by atoms with Crippen molar-refractivity contribution in [3.8, 4) is 0 Å². The average molecular weight is 360 g/mol. The maximum Gasteiger partial charge on any atom is 0.303 e. The predicted molar refractivity (Wildman–Crippen MR) is 90.0 cm³/mol. The molecule has 1 heterocycles. The van der Waals surface area contributed by atoms with Crippen LogP contribution in [0.3, 0.4) is 0 Å². The lowest BCUT2D eigenvalue weighted by Crippen LogP contribution is -2.70. The summed E-state index contributed by atoms with van der Waals surface area (Å²) in [5, 5.41) is 11.8. The number of hydrogen-bond acceptors (Lipinski definition) is 7. The van der Waals surface area contributed by atoms with Gasteiger partial charge in [0.05, 0.1) is 18.8 Å². The molecule has 6 atom stereocenters. The van der Waals surface area contributed by atoms with Crippen molar-refractivity contribution in [2.45, 2.75) is 75.7 Å². The van der Waals surface area contributed by atoms with Crippen LogP contribution in [0, 0.1) is 5.92 Å². The summed E-state index contributed by atoms with van der Waals surface area (Å²) in [7, 11) is 4.66. The second-order valence-electron chi connectivity index (χ2n) is 6.97. The standard InChI is InChI=1S/C18H32O7/c1-12(19)24-16-17(23-4)25-14-9-7-5-6-8-10-15(22-3)18(16,20)13(14)11-21-2/h13-17,20H,5-11H2,1-4H3/t13-,14+,15+,16-,17-,18-/m0/s1. The van der Waals surface area contributed by atoms with Crippen LogP contribution >= 0.6 is 0 Å². The molecule has 1 saturated carbocycles. The van der Waals surface area contributed by atoms with Crippen LogP contribution in [0.2, 0.25) is 0 Å². The molecule has 0 unspecified atom stereocenters. The maximum atomic E-state index is 11.8. The van der Waals surface area contributed by atoms with Crippen molar-refractivity contribution >= 4 is 5.97 Å². The zero-order chi connectivity index (χ0) is 18.4. The lowest BCUT2D eigenvalue weighted by Gasteiger charge is -2.53. The van der Waals surface area contributed by atoms with Crippen LogP contribution in [-0.2, 0) is 28.5 Å². The zero-order valence-corrected chi connectivity index (χ0v) is 15.7. The summed E-state index contributed by atoms with van der Waals surface area (Å²) in [6.45, 7) is 1.60. The minimum absolute atomic E-state index is 0.252. The molecule has 0 aromatic rings. The largest absolute Gasteiger partial charge is 0.454 e. The van der Waals surface area contributed by atoms with E-state index in [1.807, 2.05) is 0 Å². The molecule has 25 heavy (non-hydrogen) atoms. The first-order valence-electron chi connectivity index (χ1n) is 9.08. The van der Waals surface area contributed by atoms with Gasteiger partial charge < -0.3 is 28.8 Å². The lowest BCUT2D eigenvalue weighted by molar-refractivity contribution is -0.339. The van der Waals surface area contributed by atoms with E-state index in [2.05, 4.69) is 0 Å². The quantitative estimate of drug-likeness (QED) is 0.746. The number of fused-ring (bicyclic) bond motifs is 2. The van der Waals surface area contributed by atoms with Crippen LogP contribution in [0.5, 0.6) is 0 Å². The van der Waals surface area contributed by atoms with Gasteiger partial charge in [0.25, 0.3) is 0 Å². The summed E-state index contributed by atoms with van der Waals surface area (Å²) in [4.78, 5) is 11.7. The van der Waals surface area contributed by atoms with Crippen LogP contribution in [0.4, 0.5) is 0 Å². The Kier molecular flexibility index (Phi) is 7.64. The Morgan fingerprint density at radius 3 is 2.36 bits per heavy atom. The van der Waals surface area contributed by atoms with Crippen LogP contribution in [0.15, 0.2) is 0 Å². The van der Waals surface area contributed by atoms with Crippen molar-refractivity contribution in [2.75, 3.05) is 27.9 Å². The van der Waals surface area contributed by atoms with Gasteiger partial charge in [0.2, 0.25) is 0 Å². The third-order valence-electron chi connectivity index (χ3n) is 5.43. The summed E-state index contributed by atoms with van der Waals surface area (Å²) in [6, 6.07) is 0. The molecule has 2 bridgehead atoms. The van der Waals surface area contributed by atoms with E-state index in [9.17, 15) is 9.90 Å². The Bertz CT molecular complexity index is 430. The van der Waals surface area contributed by atoms with Gasteiger partial charge in [0, 0.05) is 34.2 Å². The molecule has 2 fully saturated rings. The summed E-state index contributed by atoms with van der Waals surface area (Å²) in [5.41, 5.74) is -1.45. The third-order valence-corrected chi connectivity index (χ3v) is 5.43. The molecular weight excluding hydrogens is 328 g/mol. The fraction of sp³-hybridized carbons (Fsp3) is 0.944.